The summed E-state index contributed by atoms with van der Waals surface area (Å²) in [6, 6.07) is 10.5. The Kier molecular flexibility index (Phi) is 4.99. The number of carbonyl (C=O) groups is 1. The lowest BCUT2D eigenvalue weighted by atomic mass is 10.1. The van der Waals surface area contributed by atoms with E-state index in [0.29, 0.717) is 0 Å². The van der Waals surface area contributed by atoms with Crippen LogP contribution < -0.4 is 5.32 Å². The van der Waals surface area contributed by atoms with E-state index in [1.165, 1.54) is 5.56 Å². The molecule has 0 aromatic heterocycles. The maximum atomic E-state index is 10.5. The van der Waals surface area contributed by atoms with Crippen molar-refractivity contribution in [3.8, 4) is 0 Å². The van der Waals surface area contributed by atoms with Crippen LogP contribution in [0.1, 0.15) is 25.8 Å². The molecule has 2 atom stereocenters. The fourth-order valence-electron chi connectivity index (χ4n) is 1.83. The van der Waals surface area contributed by atoms with Gasteiger partial charge in [-0.2, -0.15) is 0 Å². The minimum Gasteiger partial charge on any atom is -0.481 e. The van der Waals surface area contributed by atoms with Crippen molar-refractivity contribution in [2.75, 3.05) is 0 Å². The molecule has 0 bridgehead atoms. The van der Waals surface area contributed by atoms with Gasteiger partial charge in [-0.1, -0.05) is 30.3 Å². The van der Waals surface area contributed by atoms with Crippen LogP contribution in [0.25, 0.3) is 0 Å². The number of aliphatic carboxylic acids is 1. The summed E-state index contributed by atoms with van der Waals surface area (Å²) >= 11 is 0. The molecule has 0 spiro atoms. The number of carboxylic acids is 1. The van der Waals surface area contributed by atoms with E-state index >= 15 is 0 Å². The molecule has 0 amide bonds. The maximum Gasteiger partial charge on any atom is 0.304 e. The molecule has 0 aliphatic carbocycles. The largest absolute Gasteiger partial charge is 0.481 e. The summed E-state index contributed by atoms with van der Waals surface area (Å²) in [5.74, 6) is -0.757. The lowest BCUT2D eigenvalue weighted by Gasteiger charge is -2.18. The highest BCUT2D eigenvalue weighted by Gasteiger charge is 2.10. The minimum atomic E-state index is -0.757. The fraction of sp³-hybridized carbons (Fsp3) is 0.462. The Bertz CT molecular complexity index is 324. The lowest BCUT2D eigenvalue weighted by molar-refractivity contribution is -0.137. The van der Waals surface area contributed by atoms with Crippen LogP contribution in [-0.4, -0.2) is 23.2 Å². The Hall–Kier alpha value is -1.35. The molecule has 0 fully saturated rings. The summed E-state index contributed by atoms with van der Waals surface area (Å²) in [4.78, 5) is 10.5. The number of nitrogens with one attached hydrogen (secondary N) is 1. The third kappa shape index (κ3) is 4.94. The normalized spacial score (nSPS) is 14.4. The summed E-state index contributed by atoms with van der Waals surface area (Å²) < 4.78 is 0. The summed E-state index contributed by atoms with van der Waals surface area (Å²) in [6.07, 6.45) is 1.09. The Balaban J connectivity index is 2.36. The van der Waals surface area contributed by atoms with Crippen LogP contribution in [0.3, 0.4) is 0 Å². The van der Waals surface area contributed by atoms with Crippen molar-refractivity contribution in [3.05, 3.63) is 35.9 Å². The molecule has 1 rings (SSSR count). The van der Waals surface area contributed by atoms with Crippen molar-refractivity contribution in [3.63, 3.8) is 0 Å². The number of carboxylic acid groups (broad SMARTS) is 1. The molecule has 3 nitrogen and oxygen atoms in total. The van der Waals surface area contributed by atoms with Crippen molar-refractivity contribution < 1.29 is 9.90 Å². The molecule has 0 radical (unpaired) electrons. The molecule has 2 N–H and O–H groups in total. The zero-order chi connectivity index (χ0) is 12.0. The molecule has 0 aliphatic heterocycles. The third-order valence-electron chi connectivity index (χ3n) is 2.43. The maximum absolute atomic E-state index is 10.5. The Morgan fingerprint density at radius 3 is 2.44 bits per heavy atom. The standard InChI is InChI=1S/C13H19NO2/c1-10(14-11(2)9-13(15)16)8-12-6-4-3-5-7-12/h3-7,10-11,14H,8-9H2,1-2H3,(H,15,16). The van der Waals surface area contributed by atoms with Crippen LogP contribution in [0.15, 0.2) is 30.3 Å². The highest BCUT2D eigenvalue weighted by atomic mass is 16.4. The zero-order valence-electron chi connectivity index (χ0n) is 9.81. The predicted molar refractivity (Wildman–Crippen MR) is 64.5 cm³/mol. The molecule has 3 heteroatoms. The molecule has 88 valence electrons. The van der Waals surface area contributed by atoms with Crippen LogP contribution in [0.5, 0.6) is 0 Å². The molecular formula is C13H19NO2. The van der Waals surface area contributed by atoms with Crippen LogP contribution in [-0.2, 0) is 11.2 Å². The van der Waals surface area contributed by atoms with Gasteiger partial charge in [-0.25, -0.2) is 0 Å². The Morgan fingerprint density at radius 2 is 1.88 bits per heavy atom. The summed E-state index contributed by atoms with van der Waals surface area (Å²) in [5, 5.41) is 11.9. The van der Waals surface area contributed by atoms with Crippen LogP contribution >= 0.6 is 0 Å². The molecule has 0 saturated heterocycles. The average molecular weight is 221 g/mol. The fourth-order valence-corrected chi connectivity index (χ4v) is 1.83. The van der Waals surface area contributed by atoms with Gasteiger partial charge in [-0.3, -0.25) is 4.79 Å². The van der Waals surface area contributed by atoms with E-state index in [1.54, 1.807) is 0 Å². The van der Waals surface area contributed by atoms with Gasteiger partial charge in [0.2, 0.25) is 0 Å². The van der Waals surface area contributed by atoms with Crippen molar-refractivity contribution >= 4 is 5.97 Å². The highest BCUT2D eigenvalue weighted by molar-refractivity contribution is 5.67. The van der Waals surface area contributed by atoms with E-state index in [-0.39, 0.29) is 18.5 Å². The second-order valence-electron chi connectivity index (χ2n) is 4.26. The van der Waals surface area contributed by atoms with Gasteiger partial charge >= 0.3 is 5.97 Å². The van der Waals surface area contributed by atoms with Crippen molar-refractivity contribution in [1.29, 1.82) is 0 Å². The summed E-state index contributed by atoms with van der Waals surface area (Å²) in [7, 11) is 0. The van der Waals surface area contributed by atoms with Crippen LogP contribution in [0.2, 0.25) is 0 Å². The van der Waals surface area contributed by atoms with E-state index in [0.717, 1.165) is 6.42 Å². The van der Waals surface area contributed by atoms with E-state index in [2.05, 4.69) is 24.4 Å². The number of hydrogen-bond donors (Lipinski definition) is 2. The van der Waals surface area contributed by atoms with E-state index in [9.17, 15) is 4.79 Å². The van der Waals surface area contributed by atoms with E-state index in [1.807, 2.05) is 25.1 Å². The number of benzene rings is 1. The first-order chi connectivity index (χ1) is 7.58. The monoisotopic (exact) mass is 221 g/mol. The van der Waals surface area contributed by atoms with Gasteiger partial charge in [0.05, 0.1) is 6.42 Å². The molecule has 2 unspecified atom stereocenters. The van der Waals surface area contributed by atoms with Crippen molar-refractivity contribution in [2.24, 2.45) is 0 Å². The first-order valence-electron chi connectivity index (χ1n) is 5.59. The smallest absolute Gasteiger partial charge is 0.304 e. The van der Waals surface area contributed by atoms with Crippen LogP contribution in [0, 0.1) is 0 Å². The zero-order valence-corrected chi connectivity index (χ0v) is 9.81. The highest BCUT2D eigenvalue weighted by Crippen LogP contribution is 2.04. The van der Waals surface area contributed by atoms with Crippen LogP contribution in [0.4, 0.5) is 0 Å². The quantitative estimate of drug-likeness (QED) is 0.773. The SMILES string of the molecule is CC(CC(=O)O)NC(C)Cc1ccccc1. The molecule has 16 heavy (non-hydrogen) atoms. The van der Waals surface area contributed by atoms with Gasteiger partial charge in [0.1, 0.15) is 0 Å². The number of hydrogen-bond acceptors (Lipinski definition) is 2. The van der Waals surface area contributed by atoms with Crippen molar-refractivity contribution in [2.45, 2.75) is 38.8 Å². The Morgan fingerprint density at radius 1 is 1.25 bits per heavy atom. The molecule has 1 aromatic rings. The van der Waals surface area contributed by atoms with Gasteiger partial charge in [-0.15, -0.1) is 0 Å². The third-order valence-corrected chi connectivity index (χ3v) is 2.43. The van der Waals surface area contributed by atoms with E-state index in [4.69, 9.17) is 5.11 Å². The Labute approximate surface area is 96.5 Å². The molecule has 0 aliphatic rings. The summed E-state index contributed by atoms with van der Waals surface area (Å²) in [6.45, 7) is 3.97. The van der Waals surface area contributed by atoms with Crippen molar-refractivity contribution in [1.82, 2.24) is 5.32 Å². The predicted octanol–water partition coefficient (Wildman–Crippen LogP) is 2.07. The number of rotatable bonds is 6. The molecular weight excluding hydrogens is 202 g/mol. The van der Waals surface area contributed by atoms with Gasteiger partial charge in [0.25, 0.3) is 0 Å². The first-order valence-corrected chi connectivity index (χ1v) is 5.59. The second-order valence-corrected chi connectivity index (χ2v) is 4.26. The van der Waals surface area contributed by atoms with Gasteiger partial charge in [-0.05, 0) is 25.8 Å². The van der Waals surface area contributed by atoms with Gasteiger partial charge in [0, 0.05) is 12.1 Å². The minimum absolute atomic E-state index is 0.0104. The van der Waals surface area contributed by atoms with E-state index < -0.39 is 5.97 Å². The second kappa shape index (κ2) is 6.28. The topological polar surface area (TPSA) is 49.3 Å². The average Bonchev–Trinajstić information content (AvgIpc) is 2.17. The molecule has 0 heterocycles. The molecule has 1 aromatic carbocycles. The summed E-state index contributed by atoms with van der Waals surface area (Å²) in [5.41, 5.74) is 1.27. The van der Waals surface area contributed by atoms with Gasteiger partial charge in [0.15, 0.2) is 0 Å². The molecule has 0 saturated carbocycles. The lowest BCUT2D eigenvalue weighted by Crippen LogP contribution is -2.37. The first kappa shape index (κ1) is 12.7. The van der Waals surface area contributed by atoms with Gasteiger partial charge < -0.3 is 10.4 Å².